The van der Waals surface area contributed by atoms with Gasteiger partial charge in [-0.15, -0.1) is 0 Å². The van der Waals surface area contributed by atoms with Gasteiger partial charge in [-0.25, -0.2) is 0 Å². The van der Waals surface area contributed by atoms with Gasteiger partial charge in [0, 0.05) is 25.2 Å². The normalized spacial score (nSPS) is 50.1. The van der Waals surface area contributed by atoms with Crippen molar-refractivity contribution in [2.75, 3.05) is 6.61 Å². The van der Waals surface area contributed by atoms with Crippen LogP contribution in [0.5, 0.6) is 0 Å². The fraction of sp³-hybridized carbons (Fsp3) is 0.909. The van der Waals surface area contributed by atoms with Crippen molar-refractivity contribution >= 4 is 11.8 Å². The van der Waals surface area contributed by atoms with E-state index in [1.54, 1.807) is 6.92 Å². The summed E-state index contributed by atoms with van der Waals surface area (Å²) in [6.45, 7) is 10.2. The summed E-state index contributed by atoms with van der Waals surface area (Å²) in [6, 6.07) is 0. The lowest BCUT2D eigenvalue weighted by Gasteiger charge is -2.65. The first-order valence-electron chi connectivity index (χ1n) is 10.6. The molecule has 158 valence electrons. The average Bonchev–Trinajstić information content (AvgIpc) is 3.13. The van der Waals surface area contributed by atoms with E-state index in [0.29, 0.717) is 32.3 Å². The van der Waals surface area contributed by atoms with Gasteiger partial charge < -0.3 is 19.3 Å². The average molecular weight is 395 g/mol. The van der Waals surface area contributed by atoms with Gasteiger partial charge in [0.15, 0.2) is 17.7 Å². The van der Waals surface area contributed by atoms with E-state index >= 15 is 0 Å². The number of esters is 1. The van der Waals surface area contributed by atoms with Crippen LogP contribution in [0.15, 0.2) is 0 Å². The van der Waals surface area contributed by atoms with Crippen molar-refractivity contribution in [1.29, 1.82) is 0 Å². The fourth-order valence-electron chi connectivity index (χ4n) is 7.23. The molecule has 6 nitrogen and oxygen atoms in total. The van der Waals surface area contributed by atoms with Crippen LogP contribution in [0, 0.1) is 16.7 Å². The van der Waals surface area contributed by atoms with Crippen LogP contribution in [0.4, 0.5) is 0 Å². The quantitative estimate of drug-likeness (QED) is 0.688. The highest BCUT2D eigenvalue weighted by atomic mass is 16.7. The predicted molar refractivity (Wildman–Crippen MR) is 101 cm³/mol. The Morgan fingerprint density at radius 1 is 1.14 bits per heavy atom. The van der Waals surface area contributed by atoms with E-state index in [1.807, 2.05) is 0 Å². The summed E-state index contributed by atoms with van der Waals surface area (Å²) < 4.78 is 18.2. The number of aliphatic hydroxyl groups excluding tert-OH is 1. The molecule has 6 atom stereocenters. The number of hydrogen-bond acceptors (Lipinski definition) is 6. The minimum absolute atomic E-state index is 0.0119. The second kappa shape index (κ2) is 6.02. The molecule has 4 fully saturated rings. The molecular formula is C22H34O6. The molecule has 0 aromatic carbocycles. The molecular weight excluding hydrogens is 360 g/mol. The molecule has 2 aliphatic carbocycles. The third-order valence-corrected chi connectivity index (χ3v) is 8.60. The smallest absolute Gasteiger partial charge is 0.303 e. The van der Waals surface area contributed by atoms with E-state index in [-0.39, 0.29) is 22.5 Å². The molecule has 2 saturated carbocycles. The maximum Gasteiger partial charge on any atom is 0.303 e. The maximum atomic E-state index is 13.5. The van der Waals surface area contributed by atoms with Crippen molar-refractivity contribution in [3.63, 3.8) is 0 Å². The summed E-state index contributed by atoms with van der Waals surface area (Å²) in [4.78, 5) is 25.6. The van der Waals surface area contributed by atoms with E-state index in [1.165, 1.54) is 6.92 Å². The molecule has 4 rings (SSSR count). The van der Waals surface area contributed by atoms with Crippen LogP contribution in [0.2, 0.25) is 0 Å². The SMILES string of the molecule is CC(=O)O[C@@]1(C)C(=O)C[C@H]2C(C)(C)CCC[C@]2(C)[C@@]12CC[C@]1(COC(O)C1)O2. The van der Waals surface area contributed by atoms with Crippen LogP contribution in [0.1, 0.15) is 79.6 Å². The Bertz CT molecular complexity index is 703. The molecule has 1 unspecified atom stereocenters. The summed E-state index contributed by atoms with van der Waals surface area (Å²) >= 11 is 0. The van der Waals surface area contributed by atoms with E-state index in [9.17, 15) is 14.7 Å². The van der Waals surface area contributed by atoms with Crippen LogP contribution in [-0.4, -0.2) is 46.6 Å². The third kappa shape index (κ3) is 2.50. The van der Waals surface area contributed by atoms with Gasteiger partial charge in [0.1, 0.15) is 5.60 Å². The van der Waals surface area contributed by atoms with Gasteiger partial charge in [-0.05, 0) is 43.9 Å². The number of fused-ring (bicyclic) bond motifs is 2. The van der Waals surface area contributed by atoms with Gasteiger partial charge in [-0.3, -0.25) is 9.59 Å². The van der Waals surface area contributed by atoms with Crippen molar-refractivity contribution < 1.29 is 28.9 Å². The first-order valence-corrected chi connectivity index (χ1v) is 10.6. The molecule has 0 radical (unpaired) electrons. The van der Waals surface area contributed by atoms with E-state index in [4.69, 9.17) is 14.2 Å². The first-order chi connectivity index (χ1) is 12.9. The van der Waals surface area contributed by atoms with Gasteiger partial charge in [0.05, 0.1) is 12.2 Å². The molecule has 2 saturated heterocycles. The highest BCUT2D eigenvalue weighted by Gasteiger charge is 2.76. The van der Waals surface area contributed by atoms with Crippen LogP contribution >= 0.6 is 0 Å². The molecule has 0 aromatic heterocycles. The molecule has 0 amide bonds. The fourth-order valence-corrected chi connectivity index (χ4v) is 7.23. The summed E-state index contributed by atoms with van der Waals surface area (Å²) in [5.74, 6) is -0.344. The van der Waals surface area contributed by atoms with Gasteiger partial charge in [0.2, 0.25) is 0 Å². The number of aliphatic hydroxyl groups is 1. The summed E-state index contributed by atoms with van der Waals surface area (Å²) in [6.07, 6.45) is 4.34. The Kier molecular flexibility index (Phi) is 4.36. The molecule has 1 N–H and O–H groups in total. The number of carbonyl (C=O) groups is 2. The van der Waals surface area contributed by atoms with Crippen molar-refractivity contribution in [2.45, 2.75) is 103 Å². The lowest BCUT2D eigenvalue weighted by molar-refractivity contribution is -0.286. The standard InChI is InChI=1S/C22H34O6/c1-14(23)27-20(5)16(24)11-15-18(2,3)7-6-8-19(15,4)22(20)10-9-21(28-22)12-17(25)26-13-21/h15,17,25H,6-13H2,1-5H3/t15-,17?,19-,20-,21-,22-/m0/s1. The van der Waals surface area contributed by atoms with Crippen LogP contribution in [0.3, 0.4) is 0 Å². The van der Waals surface area contributed by atoms with Crippen LogP contribution < -0.4 is 0 Å². The number of hydrogen-bond donors (Lipinski definition) is 1. The second-order valence-electron chi connectivity index (χ2n) is 10.6. The monoisotopic (exact) mass is 394 g/mol. The van der Waals surface area contributed by atoms with Gasteiger partial charge >= 0.3 is 5.97 Å². The molecule has 4 aliphatic rings. The minimum atomic E-state index is -1.32. The van der Waals surface area contributed by atoms with Gasteiger partial charge in [-0.2, -0.15) is 0 Å². The summed E-state index contributed by atoms with van der Waals surface area (Å²) in [5, 5.41) is 9.99. The predicted octanol–water partition coefficient (Wildman–Crippen LogP) is 3.14. The van der Waals surface area contributed by atoms with Crippen molar-refractivity contribution in [2.24, 2.45) is 16.7 Å². The van der Waals surface area contributed by atoms with Crippen molar-refractivity contribution in [3.05, 3.63) is 0 Å². The van der Waals surface area contributed by atoms with E-state index < -0.39 is 29.1 Å². The Labute approximate surface area is 167 Å². The molecule has 2 aliphatic heterocycles. The number of ketones is 1. The zero-order valence-corrected chi connectivity index (χ0v) is 17.8. The molecule has 6 heteroatoms. The largest absolute Gasteiger partial charge is 0.448 e. The van der Waals surface area contributed by atoms with Crippen molar-refractivity contribution in [1.82, 2.24) is 0 Å². The van der Waals surface area contributed by atoms with Crippen LogP contribution in [0.25, 0.3) is 0 Å². The third-order valence-electron chi connectivity index (χ3n) is 8.60. The second-order valence-corrected chi connectivity index (χ2v) is 10.6. The lowest BCUT2D eigenvalue weighted by Crippen LogP contribution is -2.74. The van der Waals surface area contributed by atoms with Gasteiger partial charge in [0.25, 0.3) is 0 Å². The minimum Gasteiger partial charge on any atom is -0.448 e. The number of carbonyl (C=O) groups excluding carboxylic acids is 2. The van der Waals surface area contributed by atoms with Crippen LogP contribution in [-0.2, 0) is 23.8 Å². The summed E-state index contributed by atoms with van der Waals surface area (Å²) in [7, 11) is 0. The van der Waals surface area contributed by atoms with Gasteiger partial charge in [-0.1, -0.05) is 27.2 Å². The topological polar surface area (TPSA) is 82.1 Å². The lowest BCUT2D eigenvalue weighted by atomic mass is 9.43. The molecule has 28 heavy (non-hydrogen) atoms. The first kappa shape index (κ1) is 20.3. The highest BCUT2D eigenvalue weighted by Crippen LogP contribution is 2.69. The maximum absolute atomic E-state index is 13.5. The molecule has 0 bridgehead atoms. The number of Topliss-reactive ketones (excluding diaryl/α,β-unsaturated/α-hetero) is 1. The number of ether oxygens (including phenoxy) is 3. The Morgan fingerprint density at radius 3 is 2.46 bits per heavy atom. The Morgan fingerprint density at radius 2 is 1.86 bits per heavy atom. The molecule has 2 heterocycles. The molecule has 2 spiro atoms. The Hall–Kier alpha value is -0.980. The zero-order chi connectivity index (χ0) is 20.6. The zero-order valence-electron chi connectivity index (χ0n) is 17.8. The van der Waals surface area contributed by atoms with E-state index in [0.717, 1.165) is 19.3 Å². The highest BCUT2D eigenvalue weighted by molar-refractivity contribution is 5.92. The Balaban J connectivity index is 1.86. The number of rotatable bonds is 1. The van der Waals surface area contributed by atoms with Crippen molar-refractivity contribution in [3.8, 4) is 0 Å². The van der Waals surface area contributed by atoms with E-state index in [2.05, 4.69) is 20.8 Å². The summed E-state index contributed by atoms with van der Waals surface area (Å²) in [5.41, 5.74) is -3.14. The molecule has 0 aromatic rings.